The van der Waals surface area contributed by atoms with Gasteiger partial charge in [0.05, 0.1) is 18.0 Å². The van der Waals surface area contributed by atoms with Crippen LogP contribution in [0, 0.1) is 0 Å². The standard InChI is InChI=1S/C23H22BrN3O3/c1-17(27-30-15-18-5-9-20(24)10-6-18)19-7-11-22(12-8-19)29-16-23(28)26-14-21-4-2-3-13-25-21/h2-13H,14-16H2,1H3,(H,26,28). The number of nitrogens with one attached hydrogen (secondary N) is 1. The first kappa shape index (κ1) is 21.5. The van der Waals surface area contributed by atoms with Crippen molar-refractivity contribution in [2.45, 2.75) is 20.1 Å². The number of amides is 1. The second kappa shape index (κ2) is 11.1. The average Bonchev–Trinajstić information content (AvgIpc) is 2.78. The Hall–Kier alpha value is -3.19. The molecular formula is C23H22BrN3O3. The monoisotopic (exact) mass is 467 g/mol. The number of halogens is 1. The van der Waals surface area contributed by atoms with Crippen LogP contribution in [0.15, 0.2) is 82.6 Å². The molecular weight excluding hydrogens is 446 g/mol. The third-order valence-corrected chi connectivity index (χ3v) is 4.71. The van der Waals surface area contributed by atoms with E-state index in [0.29, 0.717) is 18.9 Å². The van der Waals surface area contributed by atoms with E-state index in [9.17, 15) is 4.79 Å². The fourth-order valence-electron chi connectivity index (χ4n) is 2.52. The van der Waals surface area contributed by atoms with E-state index in [0.717, 1.165) is 27.0 Å². The number of nitrogens with zero attached hydrogens (tertiary/aromatic N) is 2. The first-order valence-corrected chi connectivity index (χ1v) is 10.2. The Kier molecular flexibility index (Phi) is 7.97. The van der Waals surface area contributed by atoms with Gasteiger partial charge in [0.2, 0.25) is 0 Å². The average molecular weight is 468 g/mol. The van der Waals surface area contributed by atoms with Gasteiger partial charge in [-0.2, -0.15) is 0 Å². The molecule has 0 radical (unpaired) electrons. The smallest absolute Gasteiger partial charge is 0.258 e. The molecule has 154 valence electrons. The zero-order valence-corrected chi connectivity index (χ0v) is 18.1. The molecule has 1 amide bonds. The van der Waals surface area contributed by atoms with Gasteiger partial charge in [-0.3, -0.25) is 9.78 Å². The molecule has 0 unspecified atom stereocenters. The lowest BCUT2D eigenvalue weighted by Crippen LogP contribution is -2.28. The summed E-state index contributed by atoms with van der Waals surface area (Å²) in [5.41, 5.74) is 3.51. The number of rotatable bonds is 9. The minimum absolute atomic E-state index is 0.0600. The third-order valence-electron chi connectivity index (χ3n) is 4.18. The number of hydrogen-bond acceptors (Lipinski definition) is 5. The highest BCUT2D eigenvalue weighted by molar-refractivity contribution is 9.10. The van der Waals surface area contributed by atoms with Crippen LogP contribution in [0.2, 0.25) is 0 Å². The Labute approximate surface area is 184 Å². The van der Waals surface area contributed by atoms with E-state index < -0.39 is 0 Å². The van der Waals surface area contributed by atoms with Crippen LogP contribution in [0.5, 0.6) is 5.75 Å². The van der Waals surface area contributed by atoms with Crippen molar-refractivity contribution < 1.29 is 14.4 Å². The summed E-state index contributed by atoms with van der Waals surface area (Å²) < 4.78 is 6.56. The van der Waals surface area contributed by atoms with E-state index in [2.05, 4.69) is 31.4 Å². The molecule has 0 bridgehead atoms. The maximum atomic E-state index is 11.9. The van der Waals surface area contributed by atoms with Gasteiger partial charge in [-0.05, 0) is 66.6 Å². The summed E-state index contributed by atoms with van der Waals surface area (Å²) in [6, 6.07) is 20.8. The van der Waals surface area contributed by atoms with E-state index in [1.165, 1.54) is 0 Å². The molecule has 3 rings (SSSR count). The van der Waals surface area contributed by atoms with Crippen molar-refractivity contribution in [3.8, 4) is 5.75 Å². The Balaban J connectivity index is 1.43. The number of benzene rings is 2. The van der Waals surface area contributed by atoms with E-state index in [4.69, 9.17) is 9.57 Å². The molecule has 0 aliphatic heterocycles. The molecule has 0 fully saturated rings. The Morgan fingerprint density at radius 2 is 1.83 bits per heavy atom. The molecule has 0 saturated heterocycles. The maximum Gasteiger partial charge on any atom is 0.258 e. The summed E-state index contributed by atoms with van der Waals surface area (Å²) in [7, 11) is 0. The van der Waals surface area contributed by atoms with Gasteiger partial charge in [-0.25, -0.2) is 0 Å². The van der Waals surface area contributed by atoms with Gasteiger partial charge in [0.15, 0.2) is 6.61 Å². The van der Waals surface area contributed by atoms with Crippen molar-refractivity contribution in [3.63, 3.8) is 0 Å². The zero-order valence-electron chi connectivity index (χ0n) is 16.5. The second-order valence-electron chi connectivity index (χ2n) is 6.49. The first-order chi connectivity index (χ1) is 14.6. The summed E-state index contributed by atoms with van der Waals surface area (Å²) in [5, 5.41) is 6.94. The lowest BCUT2D eigenvalue weighted by molar-refractivity contribution is -0.123. The minimum atomic E-state index is -0.205. The van der Waals surface area contributed by atoms with Crippen LogP contribution in [0.3, 0.4) is 0 Å². The highest BCUT2D eigenvalue weighted by Gasteiger charge is 2.05. The van der Waals surface area contributed by atoms with Gasteiger partial charge in [-0.15, -0.1) is 0 Å². The van der Waals surface area contributed by atoms with Gasteiger partial charge in [0.25, 0.3) is 5.91 Å². The van der Waals surface area contributed by atoms with Gasteiger partial charge >= 0.3 is 0 Å². The van der Waals surface area contributed by atoms with Crippen LogP contribution < -0.4 is 10.1 Å². The molecule has 7 heteroatoms. The van der Waals surface area contributed by atoms with E-state index >= 15 is 0 Å². The van der Waals surface area contributed by atoms with E-state index in [1.54, 1.807) is 18.3 Å². The van der Waals surface area contributed by atoms with Crippen molar-refractivity contribution in [3.05, 3.63) is 94.2 Å². The fraction of sp³-hybridized carbons (Fsp3) is 0.174. The van der Waals surface area contributed by atoms with Gasteiger partial charge in [-0.1, -0.05) is 39.3 Å². The molecule has 30 heavy (non-hydrogen) atoms. The SMILES string of the molecule is CC(=NOCc1ccc(Br)cc1)c1ccc(OCC(=O)NCc2ccccn2)cc1. The molecule has 2 aromatic carbocycles. The molecule has 6 nitrogen and oxygen atoms in total. The number of hydrogen-bond donors (Lipinski definition) is 1. The summed E-state index contributed by atoms with van der Waals surface area (Å²) >= 11 is 3.41. The lowest BCUT2D eigenvalue weighted by Gasteiger charge is -2.08. The zero-order chi connectivity index (χ0) is 21.2. The molecule has 0 aliphatic rings. The van der Waals surface area contributed by atoms with Crippen LogP contribution in [0.25, 0.3) is 0 Å². The molecule has 0 aliphatic carbocycles. The number of ether oxygens (including phenoxy) is 1. The van der Waals surface area contributed by atoms with Crippen LogP contribution in [0.4, 0.5) is 0 Å². The van der Waals surface area contributed by atoms with Crippen LogP contribution in [0.1, 0.15) is 23.7 Å². The molecule has 1 heterocycles. The van der Waals surface area contributed by atoms with Crippen LogP contribution in [-0.4, -0.2) is 23.2 Å². The van der Waals surface area contributed by atoms with Crippen molar-refractivity contribution in [1.82, 2.24) is 10.3 Å². The Morgan fingerprint density at radius 3 is 2.53 bits per heavy atom. The first-order valence-electron chi connectivity index (χ1n) is 9.41. The van der Waals surface area contributed by atoms with Crippen LogP contribution >= 0.6 is 15.9 Å². The second-order valence-corrected chi connectivity index (χ2v) is 7.40. The van der Waals surface area contributed by atoms with E-state index in [-0.39, 0.29) is 12.5 Å². The lowest BCUT2D eigenvalue weighted by atomic mass is 10.1. The highest BCUT2D eigenvalue weighted by atomic mass is 79.9. The molecule has 0 atom stereocenters. The number of aromatic nitrogens is 1. The summed E-state index contributed by atoms with van der Waals surface area (Å²) in [6.45, 7) is 2.59. The largest absolute Gasteiger partial charge is 0.484 e. The number of pyridine rings is 1. The summed E-state index contributed by atoms with van der Waals surface area (Å²) in [5.74, 6) is 0.402. The summed E-state index contributed by atoms with van der Waals surface area (Å²) in [6.07, 6.45) is 1.69. The van der Waals surface area contributed by atoms with Gasteiger partial charge < -0.3 is 14.9 Å². The van der Waals surface area contributed by atoms with Crippen molar-refractivity contribution in [2.75, 3.05) is 6.61 Å². The molecule has 1 N–H and O–H groups in total. The normalized spacial score (nSPS) is 11.1. The van der Waals surface area contributed by atoms with Crippen molar-refractivity contribution >= 4 is 27.5 Å². The number of carbonyl (C=O) groups excluding carboxylic acids is 1. The van der Waals surface area contributed by atoms with E-state index in [1.807, 2.05) is 61.5 Å². The highest BCUT2D eigenvalue weighted by Crippen LogP contribution is 2.14. The quantitative estimate of drug-likeness (QED) is 0.371. The topological polar surface area (TPSA) is 72.8 Å². The van der Waals surface area contributed by atoms with Gasteiger partial charge in [0.1, 0.15) is 12.4 Å². The maximum absolute atomic E-state index is 11.9. The Bertz CT molecular complexity index is 975. The molecule has 1 aromatic heterocycles. The predicted octanol–water partition coefficient (Wildman–Crippen LogP) is 4.48. The van der Waals surface area contributed by atoms with Crippen molar-refractivity contribution in [2.24, 2.45) is 5.16 Å². The molecule has 0 saturated carbocycles. The number of carbonyl (C=O) groups is 1. The van der Waals surface area contributed by atoms with Crippen LogP contribution in [-0.2, 0) is 22.8 Å². The Morgan fingerprint density at radius 1 is 1.07 bits per heavy atom. The summed E-state index contributed by atoms with van der Waals surface area (Å²) in [4.78, 5) is 21.5. The molecule has 3 aromatic rings. The fourth-order valence-corrected chi connectivity index (χ4v) is 2.79. The predicted molar refractivity (Wildman–Crippen MR) is 119 cm³/mol. The minimum Gasteiger partial charge on any atom is -0.484 e. The van der Waals surface area contributed by atoms with Crippen molar-refractivity contribution in [1.29, 1.82) is 0 Å². The van der Waals surface area contributed by atoms with Gasteiger partial charge in [0, 0.05) is 10.7 Å². The third kappa shape index (κ3) is 7.00. The molecule has 0 spiro atoms. The number of oxime groups is 1.